The first-order chi connectivity index (χ1) is 15.9. The van der Waals surface area contributed by atoms with Crippen molar-refractivity contribution < 1.29 is 23.4 Å². The Hall–Kier alpha value is -3.10. The fraction of sp³-hybridized carbons (Fsp3) is 0.167. The Morgan fingerprint density at radius 2 is 1.88 bits per heavy atom. The molecule has 3 rings (SSSR count). The molecule has 1 amide bonds. The van der Waals surface area contributed by atoms with Crippen LogP contribution in [0.4, 0.5) is 4.39 Å². The molecule has 0 radical (unpaired) electrons. The number of methoxy groups -OCH3 is 1. The average molecular weight is 536 g/mol. The van der Waals surface area contributed by atoms with Gasteiger partial charge in [0.05, 0.1) is 30.5 Å². The third kappa shape index (κ3) is 6.69. The maximum absolute atomic E-state index is 13.1. The Kier molecular flexibility index (Phi) is 8.68. The summed E-state index contributed by atoms with van der Waals surface area (Å²) in [5.74, 6) is 0.465. The van der Waals surface area contributed by atoms with E-state index in [0.717, 1.165) is 10.0 Å². The Labute approximate surface area is 204 Å². The molecule has 9 heteroatoms. The first-order valence-corrected chi connectivity index (χ1v) is 11.1. The molecule has 0 saturated heterocycles. The molecule has 0 saturated carbocycles. The number of rotatable bonds is 9. The third-order valence-corrected chi connectivity index (χ3v) is 5.19. The number of nitrogens with one attached hydrogen (secondary N) is 1. The second-order valence-corrected chi connectivity index (χ2v) is 8.04. The number of hydrogen-bond donors (Lipinski definition) is 1. The Morgan fingerprint density at radius 1 is 1.12 bits per heavy atom. The minimum atomic E-state index is -0.431. The average Bonchev–Trinajstić information content (AvgIpc) is 2.80. The van der Waals surface area contributed by atoms with Gasteiger partial charge in [0.1, 0.15) is 18.2 Å². The maximum atomic E-state index is 13.1. The smallest absolute Gasteiger partial charge is 0.275 e. The van der Waals surface area contributed by atoms with Gasteiger partial charge in [-0.25, -0.2) is 9.82 Å². The lowest BCUT2D eigenvalue weighted by Gasteiger charge is -2.14. The summed E-state index contributed by atoms with van der Waals surface area (Å²) in [5, 5.41) is 4.32. The summed E-state index contributed by atoms with van der Waals surface area (Å²) in [6.45, 7) is 2.42. The number of carbonyl (C=O) groups is 1. The van der Waals surface area contributed by atoms with Gasteiger partial charge >= 0.3 is 0 Å². The number of hydrogen-bond acceptors (Lipinski definition) is 5. The van der Waals surface area contributed by atoms with Crippen LogP contribution in [-0.2, 0) is 6.61 Å². The van der Waals surface area contributed by atoms with E-state index in [1.165, 1.54) is 25.5 Å². The van der Waals surface area contributed by atoms with Gasteiger partial charge in [0.25, 0.3) is 5.91 Å². The number of nitrogens with zero attached hydrogens (tertiary/aromatic N) is 1. The van der Waals surface area contributed by atoms with Crippen molar-refractivity contribution in [2.75, 3.05) is 13.7 Å². The molecule has 0 aliphatic heterocycles. The summed E-state index contributed by atoms with van der Waals surface area (Å²) < 4.78 is 30.5. The number of hydrazone groups is 1. The molecule has 0 fully saturated rings. The number of ether oxygens (including phenoxy) is 3. The van der Waals surface area contributed by atoms with E-state index in [9.17, 15) is 9.18 Å². The zero-order chi connectivity index (χ0) is 23.8. The molecule has 0 atom stereocenters. The number of amides is 1. The van der Waals surface area contributed by atoms with Gasteiger partial charge in [0.15, 0.2) is 11.5 Å². The number of carbonyl (C=O) groups excluding carboxylic acids is 1. The van der Waals surface area contributed by atoms with E-state index >= 15 is 0 Å². The van der Waals surface area contributed by atoms with Crippen molar-refractivity contribution in [2.24, 2.45) is 5.10 Å². The molecule has 0 aliphatic rings. The number of halogens is 3. The van der Waals surface area contributed by atoms with Crippen LogP contribution < -0.4 is 19.6 Å². The molecular formula is C24H21BrClFN2O4. The molecule has 0 heterocycles. The fourth-order valence-electron chi connectivity index (χ4n) is 2.88. The predicted molar refractivity (Wildman–Crippen MR) is 129 cm³/mol. The summed E-state index contributed by atoms with van der Waals surface area (Å²) >= 11 is 9.76. The molecule has 33 heavy (non-hydrogen) atoms. The molecule has 1 N–H and O–H groups in total. The van der Waals surface area contributed by atoms with Gasteiger partial charge in [-0.05, 0) is 60.5 Å². The lowest BCUT2D eigenvalue weighted by atomic mass is 10.2. The second kappa shape index (κ2) is 11.7. The maximum Gasteiger partial charge on any atom is 0.275 e. The van der Waals surface area contributed by atoms with E-state index in [-0.39, 0.29) is 12.4 Å². The quantitative estimate of drug-likeness (QED) is 0.270. The molecule has 0 aliphatic carbocycles. The monoisotopic (exact) mass is 534 g/mol. The first-order valence-electron chi connectivity index (χ1n) is 9.91. The van der Waals surface area contributed by atoms with Crippen molar-refractivity contribution in [1.82, 2.24) is 5.43 Å². The van der Waals surface area contributed by atoms with Crippen LogP contribution >= 0.6 is 27.5 Å². The molecule has 3 aromatic carbocycles. The van der Waals surface area contributed by atoms with Gasteiger partial charge in [-0.3, -0.25) is 4.79 Å². The lowest BCUT2D eigenvalue weighted by molar-refractivity contribution is 0.0952. The molecule has 172 valence electrons. The highest BCUT2D eigenvalue weighted by Gasteiger charge is 2.14. The van der Waals surface area contributed by atoms with E-state index in [1.54, 1.807) is 42.5 Å². The molecule has 0 bridgehead atoms. The summed E-state index contributed by atoms with van der Waals surface area (Å²) in [4.78, 5) is 12.5. The van der Waals surface area contributed by atoms with Crippen molar-refractivity contribution in [3.8, 4) is 17.2 Å². The van der Waals surface area contributed by atoms with Gasteiger partial charge in [-0.2, -0.15) is 5.10 Å². The van der Waals surface area contributed by atoms with Gasteiger partial charge in [-0.1, -0.05) is 39.7 Å². The highest BCUT2D eigenvalue weighted by atomic mass is 79.9. The van der Waals surface area contributed by atoms with Gasteiger partial charge in [0.2, 0.25) is 0 Å². The summed E-state index contributed by atoms with van der Waals surface area (Å²) in [5.41, 5.74) is 4.18. The summed E-state index contributed by atoms with van der Waals surface area (Å²) in [6, 6.07) is 14.4. The Bertz CT molecular complexity index is 1160. The zero-order valence-electron chi connectivity index (χ0n) is 17.9. The van der Waals surface area contributed by atoms with Crippen molar-refractivity contribution in [3.05, 3.63) is 86.6 Å². The SMILES string of the molecule is CCOc1cc(/C=N\NC(=O)c2cc(Br)ccc2OC)cc(Cl)c1OCc1ccc(F)cc1. The molecule has 0 spiro atoms. The van der Waals surface area contributed by atoms with Crippen molar-refractivity contribution in [3.63, 3.8) is 0 Å². The minimum Gasteiger partial charge on any atom is -0.496 e. The molecular weight excluding hydrogens is 515 g/mol. The largest absolute Gasteiger partial charge is 0.496 e. The number of benzene rings is 3. The van der Waals surface area contributed by atoms with Crippen molar-refractivity contribution in [2.45, 2.75) is 13.5 Å². The zero-order valence-corrected chi connectivity index (χ0v) is 20.2. The lowest BCUT2D eigenvalue weighted by Crippen LogP contribution is -2.18. The van der Waals surface area contributed by atoms with E-state index in [0.29, 0.717) is 40.0 Å². The van der Waals surface area contributed by atoms with Crippen molar-refractivity contribution in [1.29, 1.82) is 0 Å². The van der Waals surface area contributed by atoms with Crippen LogP contribution in [0.1, 0.15) is 28.4 Å². The normalized spacial score (nSPS) is 10.8. The topological polar surface area (TPSA) is 69.2 Å². The van der Waals surface area contributed by atoms with Gasteiger partial charge < -0.3 is 14.2 Å². The standard InChI is InChI=1S/C24H21BrClFN2O4/c1-3-32-22-11-16(10-20(26)23(22)33-14-15-4-7-18(27)8-5-15)13-28-29-24(30)19-12-17(25)6-9-21(19)31-2/h4-13H,3,14H2,1-2H3,(H,29,30)/b28-13-. The highest BCUT2D eigenvalue weighted by Crippen LogP contribution is 2.37. The third-order valence-electron chi connectivity index (χ3n) is 4.41. The van der Waals surface area contributed by atoms with E-state index in [4.69, 9.17) is 25.8 Å². The fourth-order valence-corrected chi connectivity index (χ4v) is 3.52. The van der Waals surface area contributed by atoms with Crippen molar-refractivity contribution >= 4 is 39.7 Å². The van der Waals surface area contributed by atoms with Crippen LogP contribution in [0.25, 0.3) is 0 Å². The first kappa shape index (κ1) is 24.5. The summed E-state index contributed by atoms with van der Waals surface area (Å²) in [7, 11) is 1.49. The van der Waals surface area contributed by atoms with Gasteiger partial charge in [0, 0.05) is 4.47 Å². The van der Waals surface area contributed by atoms with Crippen LogP contribution in [0, 0.1) is 5.82 Å². The molecule has 0 unspecified atom stereocenters. The van der Waals surface area contributed by atoms with E-state index in [1.807, 2.05) is 6.92 Å². The Balaban J connectivity index is 1.74. The molecule has 3 aromatic rings. The highest BCUT2D eigenvalue weighted by molar-refractivity contribution is 9.10. The van der Waals surface area contributed by atoms with Gasteiger partial charge in [-0.15, -0.1) is 0 Å². The minimum absolute atomic E-state index is 0.192. The summed E-state index contributed by atoms with van der Waals surface area (Å²) in [6.07, 6.45) is 1.44. The van der Waals surface area contributed by atoms with Crippen LogP contribution in [-0.4, -0.2) is 25.8 Å². The Morgan fingerprint density at radius 3 is 2.58 bits per heavy atom. The van der Waals surface area contributed by atoms with Crippen LogP contribution in [0.2, 0.25) is 5.02 Å². The predicted octanol–water partition coefficient (Wildman–Crippen LogP) is 5.99. The van der Waals surface area contributed by atoms with E-state index in [2.05, 4.69) is 26.5 Å². The van der Waals surface area contributed by atoms with Crippen LogP contribution in [0.3, 0.4) is 0 Å². The van der Waals surface area contributed by atoms with Crippen LogP contribution in [0.5, 0.6) is 17.2 Å². The van der Waals surface area contributed by atoms with E-state index < -0.39 is 5.91 Å². The van der Waals surface area contributed by atoms with Crippen LogP contribution in [0.15, 0.2) is 64.2 Å². The molecule has 6 nitrogen and oxygen atoms in total. The molecule has 0 aromatic heterocycles. The second-order valence-electron chi connectivity index (χ2n) is 6.72.